The molecule has 0 atom stereocenters. The number of nitrogens with zero attached hydrogens (tertiary/aromatic N) is 3. The molecule has 4 nitrogen and oxygen atoms in total. The molecule has 0 bridgehead atoms. The number of rotatable bonds is 5. The van der Waals surface area contributed by atoms with Gasteiger partial charge in [0.05, 0.1) is 6.61 Å². The van der Waals surface area contributed by atoms with E-state index in [1.807, 2.05) is 67.8 Å². The first-order valence-electron chi connectivity index (χ1n) is 7.11. The van der Waals surface area contributed by atoms with Crippen LogP contribution in [0.25, 0.3) is 17.1 Å². The number of thioether (sulfide) groups is 1. The van der Waals surface area contributed by atoms with E-state index < -0.39 is 0 Å². The van der Waals surface area contributed by atoms with E-state index in [0.717, 1.165) is 28.0 Å². The van der Waals surface area contributed by atoms with Crippen LogP contribution in [0.5, 0.6) is 5.75 Å². The fraction of sp³-hybridized carbons (Fsp3) is 0.176. The van der Waals surface area contributed by atoms with E-state index in [1.165, 1.54) is 0 Å². The lowest BCUT2D eigenvalue weighted by Gasteiger charge is -2.10. The molecule has 0 amide bonds. The van der Waals surface area contributed by atoms with Crippen LogP contribution in [0.3, 0.4) is 0 Å². The minimum atomic E-state index is 0.664. The molecule has 0 saturated carbocycles. The Morgan fingerprint density at radius 2 is 1.73 bits per heavy atom. The van der Waals surface area contributed by atoms with Gasteiger partial charge in [-0.05, 0) is 37.4 Å². The second-order valence-corrected chi connectivity index (χ2v) is 5.41. The maximum absolute atomic E-state index is 5.50. The van der Waals surface area contributed by atoms with Gasteiger partial charge in [-0.3, -0.25) is 4.57 Å². The van der Waals surface area contributed by atoms with Crippen LogP contribution >= 0.6 is 11.8 Å². The molecular weight excluding hydrogens is 294 g/mol. The Hall–Kier alpha value is -2.27. The molecule has 5 heteroatoms. The highest BCUT2D eigenvalue weighted by Crippen LogP contribution is 2.27. The van der Waals surface area contributed by atoms with Crippen LogP contribution < -0.4 is 4.74 Å². The topological polar surface area (TPSA) is 39.9 Å². The van der Waals surface area contributed by atoms with E-state index in [1.54, 1.807) is 11.8 Å². The van der Waals surface area contributed by atoms with E-state index in [4.69, 9.17) is 4.74 Å². The zero-order valence-corrected chi connectivity index (χ0v) is 13.4. The lowest BCUT2D eigenvalue weighted by atomic mass is 10.2. The second-order valence-electron chi connectivity index (χ2n) is 4.64. The highest BCUT2D eigenvalue weighted by atomic mass is 32.2. The van der Waals surface area contributed by atoms with Crippen LogP contribution in [0, 0.1) is 0 Å². The van der Waals surface area contributed by atoms with Crippen LogP contribution in [-0.2, 0) is 0 Å². The minimum absolute atomic E-state index is 0.664. The van der Waals surface area contributed by atoms with Crippen molar-refractivity contribution in [2.75, 3.05) is 12.9 Å². The maximum atomic E-state index is 5.50. The Labute approximate surface area is 134 Å². The lowest BCUT2D eigenvalue weighted by Crippen LogP contribution is -1.99. The Morgan fingerprint density at radius 1 is 1.00 bits per heavy atom. The third-order valence-electron chi connectivity index (χ3n) is 3.25. The smallest absolute Gasteiger partial charge is 0.195 e. The molecule has 0 N–H and O–H groups in total. The number of ether oxygens (including phenoxy) is 1. The normalized spacial score (nSPS) is 10.6. The van der Waals surface area contributed by atoms with E-state index in [-0.39, 0.29) is 0 Å². The van der Waals surface area contributed by atoms with Crippen molar-refractivity contribution >= 4 is 11.8 Å². The molecule has 0 aliphatic carbocycles. The molecule has 0 aliphatic heterocycles. The zero-order chi connectivity index (χ0) is 15.4. The van der Waals surface area contributed by atoms with Crippen molar-refractivity contribution in [2.45, 2.75) is 12.1 Å². The molecule has 0 saturated heterocycles. The van der Waals surface area contributed by atoms with Gasteiger partial charge in [0.25, 0.3) is 0 Å². The van der Waals surface area contributed by atoms with Gasteiger partial charge in [-0.25, -0.2) is 0 Å². The van der Waals surface area contributed by atoms with Gasteiger partial charge in [-0.2, -0.15) is 0 Å². The summed E-state index contributed by atoms with van der Waals surface area (Å²) >= 11 is 1.58. The molecule has 3 aromatic rings. The Morgan fingerprint density at radius 3 is 2.36 bits per heavy atom. The highest BCUT2D eigenvalue weighted by molar-refractivity contribution is 7.98. The van der Waals surface area contributed by atoms with Crippen LogP contribution in [0.1, 0.15) is 6.92 Å². The van der Waals surface area contributed by atoms with Crippen molar-refractivity contribution in [3.8, 4) is 22.8 Å². The monoisotopic (exact) mass is 311 g/mol. The number of hydrogen-bond acceptors (Lipinski definition) is 4. The van der Waals surface area contributed by atoms with Gasteiger partial charge in [0.2, 0.25) is 0 Å². The Kier molecular flexibility index (Phi) is 4.44. The first-order chi connectivity index (χ1) is 10.8. The standard InChI is InChI=1S/C17H17N3OS/c1-3-21-15-11-9-14(10-12-15)20-16(18-19-17(20)22-2)13-7-5-4-6-8-13/h4-12H,3H2,1-2H3. The van der Waals surface area contributed by atoms with Crippen LogP contribution in [-0.4, -0.2) is 27.6 Å². The van der Waals surface area contributed by atoms with E-state index in [0.29, 0.717) is 6.61 Å². The molecule has 0 fully saturated rings. The third-order valence-corrected chi connectivity index (χ3v) is 3.88. The number of benzene rings is 2. The van der Waals surface area contributed by atoms with E-state index >= 15 is 0 Å². The van der Waals surface area contributed by atoms with Gasteiger partial charge >= 0.3 is 0 Å². The van der Waals surface area contributed by atoms with Crippen molar-refractivity contribution in [1.82, 2.24) is 14.8 Å². The predicted molar refractivity (Wildman–Crippen MR) is 89.7 cm³/mol. The van der Waals surface area contributed by atoms with Gasteiger partial charge in [0.1, 0.15) is 5.75 Å². The predicted octanol–water partition coefficient (Wildman–Crippen LogP) is 4.05. The molecule has 0 aliphatic rings. The molecule has 0 unspecified atom stereocenters. The van der Waals surface area contributed by atoms with Gasteiger partial charge < -0.3 is 4.74 Å². The summed E-state index contributed by atoms with van der Waals surface area (Å²) in [5.41, 5.74) is 2.07. The van der Waals surface area contributed by atoms with Crippen LogP contribution in [0.15, 0.2) is 59.8 Å². The van der Waals surface area contributed by atoms with Gasteiger partial charge in [0.15, 0.2) is 11.0 Å². The molecule has 112 valence electrons. The summed E-state index contributed by atoms with van der Waals surface area (Å²) in [6, 6.07) is 18.1. The molecule has 1 aromatic heterocycles. The van der Waals surface area contributed by atoms with Gasteiger partial charge in [0, 0.05) is 11.3 Å². The quantitative estimate of drug-likeness (QED) is 0.666. The molecule has 0 radical (unpaired) electrons. The van der Waals surface area contributed by atoms with Crippen molar-refractivity contribution in [2.24, 2.45) is 0 Å². The number of aromatic nitrogens is 3. The van der Waals surface area contributed by atoms with Gasteiger partial charge in [-0.15, -0.1) is 10.2 Å². The van der Waals surface area contributed by atoms with Crippen molar-refractivity contribution in [3.63, 3.8) is 0 Å². The first kappa shape index (κ1) is 14.7. The van der Waals surface area contributed by atoms with Crippen molar-refractivity contribution in [3.05, 3.63) is 54.6 Å². The first-order valence-corrected chi connectivity index (χ1v) is 8.34. The lowest BCUT2D eigenvalue weighted by molar-refractivity contribution is 0.340. The fourth-order valence-electron chi connectivity index (χ4n) is 2.27. The number of hydrogen-bond donors (Lipinski definition) is 0. The van der Waals surface area contributed by atoms with Crippen molar-refractivity contribution < 1.29 is 4.74 Å². The minimum Gasteiger partial charge on any atom is -0.494 e. The maximum Gasteiger partial charge on any atom is 0.195 e. The summed E-state index contributed by atoms with van der Waals surface area (Å²) < 4.78 is 7.57. The molecule has 3 rings (SSSR count). The van der Waals surface area contributed by atoms with Crippen LogP contribution in [0.4, 0.5) is 0 Å². The van der Waals surface area contributed by atoms with Crippen LogP contribution in [0.2, 0.25) is 0 Å². The molecule has 0 spiro atoms. The zero-order valence-electron chi connectivity index (χ0n) is 12.6. The third kappa shape index (κ3) is 2.85. The molecule has 2 aromatic carbocycles. The van der Waals surface area contributed by atoms with E-state index in [9.17, 15) is 0 Å². The second kappa shape index (κ2) is 6.66. The summed E-state index contributed by atoms with van der Waals surface area (Å²) in [4.78, 5) is 0. The molecular formula is C17H17N3OS. The average Bonchev–Trinajstić information content (AvgIpc) is 3.01. The Balaban J connectivity index is 2.07. The summed E-state index contributed by atoms with van der Waals surface area (Å²) in [7, 11) is 0. The summed E-state index contributed by atoms with van der Waals surface area (Å²) in [5, 5.41) is 9.51. The summed E-state index contributed by atoms with van der Waals surface area (Å²) in [6.07, 6.45) is 2.00. The average molecular weight is 311 g/mol. The SMILES string of the molecule is CCOc1ccc(-n2c(SC)nnc2-c2ccccc2)cc1. The summed E-state index contributed by atoms with van der Waals surface area (Å²) in [5.74, 6) is 1.71. The van der Waals surface area contributed by atoms with E-state index in [2.05, 4.69) is 14.8 Å². The van der Waals surface area contributed by atoms with Crippen molar-refractivity contribution in [1.29, 1.82) is 0 Å². The summed E-state index contributed by atoms with van der Waals surface area (Å²) in [6.45, 7) is 2.64. The Bertz CT molecular complexity index is 738. The molecule has 22 heavy (non-hydrogen) atoms. The fourth-order valence-corrected chi connectivity index (χ4v) is 2.76. The largest absolute Gasteiger partial charge is 0.494 e. The molecule has 1 heterocycles. The highest BCUT2D eigenvalue weighted by Gasteiger charge is 2.14. The van der Waals surface area contributed by atoms with Gasteiger partial charge in [-0.1, -0.05) is 42.1 Å².